The molecule has 3 N–H and O–H groups in total. The first-order valence-corrected chi connectivity index (χ1v) is 5.78. The summed E-state index contributed by atoms with van der Waals surface area (Å²) in [6.45, 7) is 0. The molecule has 1 aliphatic rings. The highest BCUT2D eigenvalue weighted by atomic mass is 19.1. The van der Waals surface area contributed by atoms with Crippen LogP contribution in [0.5, 0.6) is 0 Å². The molecule has 1 aromatic rings. The third-order valence-corrected chi connectivity index (χ3v) is 2.79. The van der Waals surface area contributed by atoms with Crippen molar-refractivity contribution in [3.05, 3.63) is 59.7 Å². The zero-order valence-corrected chi connectivity index (χ0v) is 10.1. The summed E-state index contributed by atoms with van der Waals surface area (Å²) in [7, 11) is 0. The Labute approximate surface area is 109 Å². The number of hydrogen-bond acceptors (Lipinski definition) is 1. The predicted octanol–water partition coefficient (Wildman–Crippen LogP) is 2.94. The van der Waals surface area contributed by atoms with Gasteiger partial charge in [-0.25, -0.2) is 13.8 Å². The minimum Gasteiger partial charge on any atom is -0.387 e. The number of aliphatic imine (C=N–C) groups is 1. The second kappa shape index (κ2) is 5.56. The molecule has 0 fully saturated rings. The van der Waals surface area contributed by atoms with Crippen LogP contribution in [0.25, 0.3) is 0 Å². The third-order valence-electron chi connectivity index (χ3n) is 2.79. The molecule has 0 saturated heterocycles. The summed E-state index contributed by atoms with van der Waals surface area (Å²) in [4.78, 5) is 3.98. The largest absolute Gasteiger partial charge is 0.387 e. The second-order valence-electron chi connectivity index (χ2n) is 4.18. The molecule has 0 bridgehead atoms. The van der Waals surface area contributed by atoms with E-state index in [-0.39, 0.29) is 29.2 Å². The van der Waals surface area contributed by atoms with Gasteiger partial charge in [0, 0.05) is 11.5 Å². The minimum absolute atomic E-state index is 0.0408. The van der Waals surface area contributed by atoms with Gasteiger partial charge in [-0.3, -0.25) is 5.41 Å². The normalized spacial score (nSPS) is 19.2. The molecule has 3 nitrogen and oxygen atoms in total. The van der Waals surface area contributed by atoms with Gasteiger partial charge in [-0.1, -0.05) is 6.08 Å². The summed E-state index contributed by atoms with van der Waals surface area (Å²) in [5, 5.41) is 7.79. The van der Waals surface area contributed by atoms with Gasteiger partial charge < -0.3 is 5.73 Å². The van der Waals surface area contributed by atoms with Crippen LogP contribution in [-0.4, -0.2) is 11.7 Å². The molecule has 0 spiro atoms. The smallest absolute Gasteiger partial charge is 0.153 e. The third kappa shape index (κ3) is 3.34. The summed E-state index contributed by atoms with van der Waals surface area (Å²) < 4.78 is 25.6. The van der Waals surface area contributed by atoms with E-state index in [9.17, 15) is 8.78 Å². The van der Waals surface area contributed by atoms with E-state index in [1.807, 2.05) is 0 Å². The number of nitrogens with one attached hydrogen (secondary N) is 1. The summed E-state index contributed by atoms with van der Waals surface area (Å²) in [6, 6.07) is 5.44. The van der Waals surface area contributed by atoms with Gasteiger partial charge in [0.15, 0.2) is 5.84 Å². The molecule has 0 heterocycles. The Bertz CT molecular complexity index is 571. The maximum absolute atomic E-state index is 12.8. The van der Waals surface area contributed by atoms with Gasteiger partial charge >= 0.3 is 0 Å². The monoisotopic (exact) mass is 261 g/mol. The Morgan fingerprint density at radius 3 is 2.53 bits per heavy atom. The molecular formula is C14H13F2N3. The molecule has 1 atom stereocenters. The van der Waals surface area contributed by atoms with Crippen LogP contribution in [0.4, 0.5) is 8.78 Å². The van der Waals surface area contributed by atoms with Gasteiger partial charge in [0.05, 0.1) is 0 Å². The van der Waals surface area contributed by atoms with Crippen LogP contribution in [0.3, 0.4) is 0 Å². The molecule has 1 aromatic carbocycles. The van der Waals surface area contributed by atoms with Crippen molar-refractivity contribution < 1.29 is 8.78 Å². The Morgan fingerprint density at radius 2 is 1.95 bits per heavy atom. The Kier molecular flexibility index (Phi) is 3.85. The molecule has 1 unspecified atom stereocenters. The van der Waals surface area contributed by atoms with Crippen molar-refractivity contribution in [1.29, 1.82) is 5.41 Å². The first-order valence-electron chi connectivity index (χ1n) is 5.78. The predicted molar refractivity (Wildman–Crippen MR) is 71.3 cm³/mol. The SMILES string of the molecule is N=C(N=C(N)C1C=CC(F)=CC1)c1ccc(F)cc1. The average molecular weight is 261 g/mol. The highest BCUT2D eigenvalue weighted by molar-refractivity contribution is 6.05. The summed E-state index contributed by atoms with van der Waals surface area (Å²) in [5.41, 5.74) is 6.27. The van der Waals surface area contributed by atoms with E-state index in [0.717, 1.165) is 0 Å². The maximum atomic E-state index is 12.8. The van der Waals surface area contributed by atoms with Crippen LogP contribution >= 0.6 is 0 Å². The number of allylic oxidation sites excluding steroid dienone is 3. The fourth-order valence-corrected chi connectivity index (χ4v) is 1.70. The van der Waals surface area contributed by atoms with Gasteiger partial charge in [0.25, 0.3) is 0 Å². The molecule has 0 radical (unpaired) electrons. The lowest BCUT2D eigenvalue weighted by Gasteiger charge is -2.13. The number of nitrogens with zero attached hydrogens (tertiary/aromatic N) is 1. The zero-order chi connectivity index (χ0) is 13.8. The van der Waals surface area contributed by atoms with Crippen molar-refractivity contribution in [2.45, 2.75) is 6.42 Å². The van der Waals surface area contributed by atoms with Gasteiger partial charge in [-0.2, -0.15) is 0 Å². The number of halogens is 2. The molecular weight excluding hydrogens is 248 g/mol. The Hall–Kier alpha value is -2.30. The fraction of sp³-hybridized carbons (Fsp3) is 0.143. The molecule has 0 aliphatic heterocycles. The van der Waals surface area contributed by atoms with Gasteiger partial charge in [0.2, 0.25) is 0 Å². The molecule has 0 aromatic heterocycles. The van der Waals surface area contributed by atoms with E-state index in [1.165, 1.54) is 36.4 Å². The first-order chi connectivity index (χ1) is 9.06. The zero-order valence-electron chi connectivity index (χ0n) is 10.1. The lowest BCUT2D eigenvalue weighted by Crippen LogP contribution is -2.24. The highest BCUT2D eigenvalue weighted by Crippen LogP contribution is 2.17. The number of benzene rings is 1. The quantitative estimate of drug-likeness (QED) is 0.624. The summed E-state index contributed by atoms with van der Waals surface area (Å²) in [5.74, 6) is -0.669. The van der Waals surface area contributed by atoms with Crippen LogP contribution < -0.4 is 5.73 Å². The minimum atomic E-state index is -0.371. The Morgan fingerprint density at radius 1 is 1.26 bits per heavy atom. The number of amidine groups is 2. The van der Waals surface area contributed by atoms with E-state index in [2.05, 4.69) is 4.99 Å². The van der Waals surface area contributed by atoms with E-state index in [0.29, 0.717) is 12.0 Å². The maximum Gasteiger partial charge on any atom is 0.153 e. The second-order valence-corrected chi connectivity index (χ2v) is 4.18. The molecule has 98 valence electrons. The first kappa shape index (κ1) is 13.1. The van der Waals surface area contributed by atoms with Crippen molar-refractivity contribution in [1.82, 2.24) is 0 Å². The van der Waals surface area contributed by atoms with Crippen molar-refractivity contribution >= 4 is 11.7 Å². The van der Waals surface area contributed by atoms with Crippen molar-refractivity contribution in [2.24, 2.45) is 16.6 Å². The fourth-order valence-electron chi connectivity index (χ4n) is 1.70. The van der Waals surface area contributed by atoms with Crippen LogP contribution in [0.15, 0.2) is 53.3 Å². The molecule has 19 heavy (non-hydrogen) atoms. The molecule has 2 rings (SSSR count). The summed E-state index contributed by atoms with van der Waals surface area (Å²) in [6.07, 6.45) is 4.80. The topological polar surface area (TPSA) is 62.2 Å². The van der Waals surface area contributed by atoms with E-state index in [1.54, 1.807) is 6.08 Å². The standard InChI is InChI=1S/C14H13F2N3/c15-11-5-1-9(2-6-11)13(17)19-14(18)10-3-7-12(16)8-4-10/h1-3,5-8,10H,4H2,(H3,17,18,19). The molecule has 0 saturated carbocycles. The lowest BCUT2D eigenvalue weighted by molar-refractivity contribution is 0.628. The van der Waals surface area contributed by atoms with E-state index < -0.39 is 0 Å². The number of rotatable bonds is 2. The van der Waals surface area contributed by atoms with E-state index >= 15 is 0 Å². The van der Waals surface area contributed by atoms with Gasteiger partial charge in [0.1, 0.15) is 17.5 Å². The van der Waals surface area contributed by atoms with Crippen LogP contribution in [0.1, 0.15) is 12.0 Å². The van der Waals surface area contributed by atoms with Gasteiger partial charge in [-0.15, -0.1) is 0 Å². The van der Waals surface area contributed by atoms with Crippen LogP contribution in [-0.2, 0) is 0 Å². The average Bonchev–Trinajstić information content (AvgIpc) is 2.40. The van der Waals surface area contributed by atoms with Crippen LogP contribution in [0, 0.1) is 17.1 Å². The number of nitrogens with two attached hydrogens (primary N) is 1. The van der Waals surface area contributed by atoms with Crippen molar-refractivity contribution in [3.8, 4) is 0 Å². The highest BCUT2D eigenvalue weighted by Gasteiger charge is 2.13. The molecule has 5 heteroatoms. The van der Waals surface area contributed by atoms with Crippen molar-refractivity contribution in [2.75, 3.05) is 0 Å². The van der Waals surface area contributed by atoms with Crippen LogP contribution in [0.2, 0.25) is 0 Å². The van der Waals surface area contributed by atoms with Crippen molar-refractivity contribution in [3.63, 3.8) is 0 Å². The van der Waals surface area contributed by atoms with Gasteiger partial charge in [-0.05, 0) is 42.8 Å². The Balaban J connectivity index is 2.10. The number of hydrogen-bond donors (Lipinski definition) is 2. The lowest BCUT2D eigenvalue weighted by atomic mass is 9.99. The summed E-state index contributed by atoms with van der Waals surface area (Å²) >= 11 is 0. The van der Waals surface area contributed by atoms with E-state index in [4.69, 9.17) is 11.1 Å². The molecule has 1 aliphatic carbocycles. The molecule has 0 amide bonds.